The Hall–Kier alpha value is -1.77. The summed E-state index contributed by atoms with van der Waals surface area (Å²) in [6.45, 7) is 2.58. The van der Waals surface area contributed by atoms with E-state index in [0.717, 1.165) is 0 Å². The van der Waals surface area contributed by atoms with Crippen molar-refractivity contribution in [2.45, 2.75) is 10.6 Å². The van der Waals surface area contributed by atoms with E-state index in [1.54, 1.807) is 6.07 Å². The number of nitrogens with zero attached hydrogens (tertiary/aromatic N) is 4. The van der Waals surface area contributed by atoms with E-state index in [2.05, 4.69) is 15.0 Å². The third-order valence-electron chi connectivity index (χ3n) is 3.42. The molecule has 2 aromatic rings. The molecule has 3 rings (SSSR count). The molecule has 0 aliphatic carbocycles. The monoisotopic (exact) mass is 354 g/mol. The molecule has 0 amide bonds. The van der Waals surface area contributed by atoms with Gasteiger partial charge in [-0.2, -0.15) is 0 Å². The van der Waals surface area contributed by atoms with E-state index in [0.29, 0.717) is 37.8 Å². The second-order valence-corrected chi connectivity index (χ2v) is 7.36. The lowest BCUT2D eigenvalue weighted by Crippen LogP contribution is -2.36. The molecule has 0 radical (unpaired) electrons. The molecule has 1 saturated heterocycles. The minimum Gasteiger partial charge on any atom is -0.378 e. The van der Waals surface area contributed by atoms with Crippen molar-refractivity contribution >= 4 is 27.3 Å². The molecular formula is C14H15ClN4O3S. The van der Waals surface area contributed by atoms with Crippen molar-refractivity contribution in [3.8, 4) is 0 Å². The highest BCUT2D eigenvalue weighted by atomic mass is 35.5. The third-order valence-corrected chi connectivity index (χ3v) is 5.26. The Morgan fingerprint density at radius 2 is 1.87 bits per heavy atom. The summed E-state index contributed by atoms with van der Waals surface area (Å²) in [6.07, 6.45) is 2.89. The summed E-state index contributed by atoms with van der Waals surface area (Å²) in [5.74, 6) is 0.379. The van der Waals surface area contributed by atoms with Crippen LogP contribution in [0.4, 0.5) is 5.82 Å². The van der Waals surface area contributed by atoms with Crippen LogP contribution in [-0.4, -0.2) is 49.7 Å². The number of hydrogen-bond acceptors (Lipinski definition) is 7. The molecule has 7 nitrogen and oxygen atoms in total. The van der Waals surface area contributed by atoms with Gasteiger partial charge in [-0.15, -0.1) is 0 Å². The Labute approximate surface area is 139 Å². The number of halogens is 1. The van der Waals surface area contributed by atoms with Crippen molar-refractivity contribution in [3.63, 3.8) is 0 Å². The van der Waals surface area contributed by atoms with Crippen LogP contribution in [0.3, 0.4) is 0 Å². The zero-order chi connectivity index (χ0) is 16.3. The van der Waals surface area contributed by atoms with Crippen molar-refractivity contribution in [3.05, 3.63) is 41.6 Å². The fourth-order valence-electron chi connectivity index (χ4n) is 2.30. The second-order valence-electron chi connectivity index (χ2n) is 5.03. The average molecular weight is 355 g/mol. The quantitative estimate of drug-likeness (QED) is 0.766. The van der Waals surface area contributed by atoms with Crippen LogP contribution in [0.25, 0.3) is 0 Å². The summed E-state index contributed by atoms with van der Waals surface area (Å²) >= 11 is 5.96. The van der Waals surface area contributed by atoms with Gasteiger partial charge < -0.3 is 9.64 Å². The standard InChI is InChI=1S/C14H15ClN4O3S/c15-14-17-11(9-13(18-14)19-5-7-22-8-6-19)10-23(20,21)12-1-3-16-4-2-12/h1-4,9H,5-8,10H2. The summed E-state index contributed by atoms with van der Waals surface area (Å²) in [6, 6.07) is 4.58. The number of morpholine rings is 1. The molecule has 0 N–H and O–H groups in total. The molecule has 0 saturated carbocycles. The predicted octanol–water partition coefficient (Wildman–Crippen LogP) is 1.34. The van der Waals surface area contributed by atoms with Gasteiger partial charge in [0.1, 0.15) is 5.82 Å². The van der Waals surface area contributed by atoms with E-state index in [1.165, 1.54) is 24.5 Å². The number of aromatic nitrogens is 3. The zero-order valence-corrected chi connectivity index (χ0v) is 13.8. The molecule has 1 aliphatic rings. The summed E-state index contributed by atoms with van der Waals surface area (Å²) in [5.41, 5.74) is 0.364. The molecule has 0 aromatic carbocycles. The SMILES string of the molecule is O=S(=O)(Cc1cc(N2CCOCC2)nc(Cl)n1)c1ccncc1. The molecule has 122 valence electrons. The molecule has 0 atom stereocenters. The highest BCUT2D eigenvalue weighted by Crippen LogP contribution is 2.20. The Bertz CT molecular complexity index is 780. The Morgan fingerprint density at radius 3 is 2.57 bits per heavy atom. The molecular weight excluding hydrogens is 340 g/mol. The molecule has 23 heavy (non-hydrogen) atoms. The molecule has 3 heterocycles. The zero-order valence-electron chi connectivity index (χ0n) is 12.2. The maximum absolute atomic E-state index is 12.4. The largest absolute Gasteiger partial charge is 0.378 e. The number of hydrogen-bond donors (Lipinski definition) is 0. The molecule has 0 unspecified atom stereocenters. The minimum atomic E-state index is -3.51. The summed E-state index contributed by atoms with van der Waals surface area (Å²) in [5, 5.41) is 0.0360. The fourth-order valence-corrected chi connectivity index (χ4v) is 3.74. The van der Waals surface area contributed by atoms with Gasteiger partial charge in [-0.05, 0) is 23.7 Å². The Kier molecular flexibility index (Phi) is 4.74. The van der Waals surface area contributed by atoms with Crippen LogP contribution in [0, 0.1) is 0 Å². The number of anilines is 1. The van der Waals surface area contributed by atoms with Crippen LogP contribution in [0.2, 0.25) is 5.28 Å². The number of sulfone groups is 1. The number of ether oxygens (including phenoxy) is 1. The van der Waals surface area contributed by atoms with Gasteiger partial charge in [0.05, 0.1) is 29.6 Å². The topological polar surface area (TPSA) is 85.3 Å². The van der Waals surface area contributed by atoms with Crippen molar-refractivity contribution in [2.24, 2.45) is 0 Å². The maximum Gasteiger partial charge on any atom is 0.224 e. The third kappa shape index (κ3) is 3.95. The van der Waals surface area contributed by atoms with Gasteiger partial charge in [0.2, 0.25) is 5.28 Å². The van der Waals surface area contributed by atoms with Crippen LogP contribution in [-0.2, 0) is 20.3 Å². The van der Waals surface area contributed by atoms with E-state index >= 15 is 0 Å². The smallest absolute Gasteiger partial charge is 0.224 e. The molecule has 1 fully saturated rings. The number of rotatable bonds is 4. The van der Waals surface area contributed by atoms with Crippen molar-refractivity contribution in [1.82, 2.24) is 15.0 Å². The van der Waals surface area contributed by atoms with Gasteiger partial charge in [0, 0.05) is 31.5 Å². The average Bonchev–Trinajstić information content (AvgIpc) is 2.55. The summed E-state index contributed by atoms with van der Waals surface area (Å²) in [4.78, 5) is 14.3. The molecule has 0 spiro atoms. The molecule has 2 aromatic heterocycles. The maximum atomic E-state index is 12.4. The first-order chi connectivity index (χ1) is 11.0. The fraction of sp³-hybridized carbons (Fsp3) is 0.357. The lowest BCUT2D eigenvalue weighted by molar-refractivity contribution is 0.122. The highest BCUT2D eigenvalue weighted by Gasteiger charge is 2.19. The Morgan fingerprint density at radius 1 is 1.17 bits per heavy atom. The van der Waals surface area contributed by atoms with Crippen LogP contribution in [0.5, 0.6) is 0 Å². The molecule has 9 heteroatoms. The summed E-state index contributed by atoms with van der Waals surface area (Å²) < 4.78 is 30.2. The van der Waals surface area contributed by atoms with Crippen LogP contribution >= 0.6 is 11.6 Å². The van der Waals surface area contributed by atoms with Gasteiger partial charge in [-0.1, -0.05) is 0 Å². The second kappa shape index (κ2) is 6.77. The normalized spacial score (nSPS) is 15.6. The van der Waals surface area contributed by atoms with Gasteiger partial charge in [-0.25, -0.2) is 18.4 Å². The van der Waals surface area contributed by atoms with Crippen molar-refractivity contribution in [2.75, 3.05) is 31.2 Å². The van der Waals surface area contributed by atoms with E-state index in [9.17, 15) is 8.42 Å². The van der Waals surface area contributed by atoms with Crippen LogP contribution in [0.15, 0.2) is 35.5 Å². The lowest BCUT2D eigenvalue weighted by Gasteiger charge is -2.28. The van der Waals surface area contributed by atoms with Gasteiger partial charge in [0.25, 0.3) is 0 Å². The van der Waals surface area contributed by atoms with E-state index in [1.807, 2.05) is 4.90 Å². The molecule has 1 aliphatic heterocycles. The van der Waals surface area contributed by atoms with Gasteiger partial charge >= 0.3 is 0 Å². The lowest BCUT2D eigenvalue weighted by atomic mass is 10.3. The van der Waals surface area contributed by atoms with Gasteiger partial charge in [0.15, 0.2) is 9.84 Å². The van der Waals surface area contributed by atoms with Gasteiger partial charge in [-0.3, -0.25) is 4.98 Å². The number of pyridine rings is 1. The first-order valence-corrected chi connectivity index (χ1v) is 9.06. The van der Waals surface area contributed by atoms with Crippen molar-refractivity contribution in [1.29, 1.82) is 0 Å². The van der Waals surface area contributed by atoms with Crippen LogP contribution < -0.4 is 4.90 Å². The minimum absolute atomic E-state index is 0.0360. The Balaban J connectivity index is 1.87. The highest BCUT2D eigenvalue weighted by molar-refractivity contribution is 7.90. The first kappa shape index (κ1) is 16.1. The molecule has 0 bridgehead atoms. The van der Waals surface area contributed by atoms with E-state index in [4.69, 9.17) is 16.3 Å². The summed E-state index contributed by atoms with van der Waals surface area (Å²) in [7, 11) is -3.51. The van der Waals surface area contributed by atoms with E-state index in [-0.39, 0.29) is 15.9 Å². The van der Waals surface area contributed by atoms with E-state index < -0.39 is 9.84 Å². The van der Waals surface area contributed by atoms with Crippen LogP contribution in [0.1, 0.15) is 5.69 Å². The predicted molar refractivity (Wildman–Crippen MR) is 85.2 cm³/mol. The van der Waals surface area contributed by atoms with Crippen molar-refractivity contribution < 1.29 is 13.2 Å². The first-order valence-electron chi connectivity index (χ1n) is 7.03.